The van der Waals surface area contributed by atoms with Crippen molar-refractivity contribution in [1.82, 2.24) is 14.7 Å². The molecular formula is C18H23N5O4S. The lowest BCUT2D eigenvalue weighted by Crippen LogP contribution is -2.26. The average molecular weight is 405 g/mol. The molecule has 0 spiro atoms. The maximum Gasteiger partial charge on any atom is 0.252 e. The summed E-state index contributed by atoms with van der Waals surface area (Å²) >= 11 is 0. The SMILES string of the molecule is COc1ccc(S(=O)(=O)NCc2cc(C)nc(N3CCCC3)n2)cc1C(N)=O. The molecule has 28 heavy (non-hydrogen) atoms. The molecule has 1 saturated heterocycles. The zero-order chi connectivity index (χ0) is 20.3. The standard InChI is InChI=1S/C18H23N5O4S/c1-12-9-13(22-18(21-12)23-7-3-4-8-23)11-20-28(25,26)14-5-6-16(27-2)15(10-14)17(19)24/h5-6,9-10,20H,3-4,7-8,11H2,1-2H3,(H2,19,24). The number of anilines is 1. The van der Waals surface area contributed by atoms with Gasteiger partial charge < -0.3 is 15.4 Å². The lowest BCUT2D eigenvalue weighted by atomic mass is 10.2. The molecule has 0 aliphatic carbocycles. The van der Waals surface area contributed by atoms with E-state index in [-0.39, 0.29) is 22.8 Å². The van der Waals surface area contributed by atoms with Crippen LogP contribution in [0.1, 0.15) is 34.6 Å². The molecule has 1 aliphatic rings. The van der Waals surface area contributed by atoms with E-state index in [1.165, 1.54) is 25.3 Å². The summed E-state index contributed by atoms with van der Waals surface area (Å²) in [6.45, 7) is 3.65. The number of carbonyl (C=O) groups is 1. The van der Waals surface area contributed by atoms with E-state index >= 15 is 0 Å². The third-order valence-corrected chi connectivity index (χ3v) is 5.87. The highest BCUT2D eigenvalue weighted by Crippen LogP contribution is 2.22. The van der Waals surface area contributed by atoms with Crippen molar-refractivity contribution < 1.29 is 17.9 Å². The molecule has 1 amide bonds. The van der Waals surface area contributed by atoms with Gasteiger partial charge in [0.2, 0.25) is 16.0 Å². The quantitative estimate of drug-likeness (QED) is 0.702. The zero-order valence-electron chi connectivity index (χ0n) is 15.8. The van der Waals surface area contributed by atoms with Crippen molar-refractivity contribution in [3.63, 3.8) is 0 Å². The van der Waals surface area contributed by atoms with Gasteiger partial charge in [-0.2, -0.15) is 0 Å². The molecule has 0 radical (unpaired) electrons. The van der Waals surface area contributed by atoms with Gasteiger partial charge in [-0.05, 0) is 44.0 Å². The summed E-state index contributed by atoms with van der Waals surface area (Å²) in [5, 5.41) is 0. The second-order valence-corrected chi connectivity index (χ2v) is 8.31. The number of carbonyl (C=O) groups excluding carboxylic acids is 1. The molecule has 0 atom stereocenters. The van der Waals surface area contributed by atoms with Crippen molar-refractivity contribution in [2.24, 2.45) is 5.73 Å². The van der Waals surface area contributed by atoms with Gasteiger partial charge in [-0.15, -0.1) is 0 Å². The molecule has 150 valence electrons. The number of ether oxygens (including phenoxy) is 1. The van der Waals surface area contributed by atoms with Gasteiger partial charge in [-0.25, -0.2) is 23.1 Å². The molecule has 1 aromatic heterocycles. The summed E-state index contributed by atoms with van der Waals surface area (Å²) in [4.78, 5) is 22.5. The Morgan fingerprint density at radius 1 is 1.25 bits per heavy atom. The number of methoxy groups -OCH3 is 1. The highest BCUT2D eigenvalue weighted by atomic mass is 32.2. The molecule has 2 aromatic rings. The first-order valence-electron chi connectivity index (χ1n) is 8.87. The topological polar surface area (TPSA) is 128 Å². The number of benzene rings is 1. The van der Waals surface area contributed by atoms with Gasteiger partial charge >= 0.3 is 0 Å². The molecule has 9 nitrogen and oxygen atoms in total. The summed E-state index contributed by atoms with van der Waals surface area (Å²) in [5.41, 5.74) is 6.65. The minimum atomic E-state index is -3.87. The van der Waals surface area contributed by atoms with Crippen molar-refractivity contribution in [2.75, 3.05) is 25.1 Å². The highest BCUT2D eigenvalue weighted by Gasteiger charge is 2.20. The van der Waals surface area contributed by atoms with Crippen LogP contribution >= 0.6 is 0 Å². The molecule has 10 heteroatoms. The van der Waals surface area contributed by atoms with Crippen LogP contribution in [0.25, 0.3) is 0 Å². The predicted octanol–water partition coefficient (Wildman–Crippen LogP) is 0.971. The first-order chi connectivity index (χ1) is 13.3. The van der Waals surface area contributed by atoms with Crippen LogP contribution in [0.3, 0.4) is 0 Å². The van der Waals surface area contributed by atoms with E-state index in [0.717, 1.165) is 31.6 Å². The lowest BCUT2D eigenvalue weighted by molar-refractivity contribution is 0.0997. The van der Waals surface area contributed by atoms with Crippen molar-refractivity contribution in [3.05, 3.63) is 41.2 Å². The molecule has 1 aromatic carbocycles. The summed E-state index contributed by atoms with van der Waals surface area (Å²) in [5.74, 6) is 0.0656. The van der Waals surface area contributed by atoms with Crippen LogP contribution in [-0.4, -0.2) is 44.5 Å². The maximum absolute atomic E-state index is 12.6. The van der Waals surface area contributed by atoms with Gasteiger partial charge in [0.05, 0.1) is 29.8 Å². The maximum atomic E-state index is 12.6. The van der Waals surface area contributed by atoms with Crippen molar-refractivity contribution >= 4 is 21.9 Å². The lowest BCUT2D eigenvalue weighted by Gasteiger charge is -2.16. The number of aryl methyl sites for hydroxylation is 1. The number of nitrogens with one attached hydrogen (secondary N) is 1. The molecule has 1 fully saturated rings. The zero-order valence-corrected chi connectivity index (χ0v) is 16.6. The van der Waals surface area contributed by atoms with Gasteiger partial charge in [0, 0.05) is 18.8 Å². The Labute approximate surface area is 164 Å². The van der Waals surface area contributed by atoms with Gasteiger partial charge in [0.15, 0.2) is 0 Å². The van der Waals surface area contributed by atoms with Crippen LogP contribution in [0.4, 0.5) is 5.95 Å². The predicted molar refractivity (Wildman–Crippen MR) is 104 cm³/mol. The Bertz CT molecular complexity index is 987. The summed E-state index contributed by atoms with van der Waals surface area (Å²) in [6, 6.07) is 5.69. The average Bonchev–Trinajstić information content (AvgIpc) is 3.20. The van der Waals surface area contributed by atoms with E-state index in [9.17, 15) is 13.2 Å². The molecule has 3 N–H and O–H groups in total. The fraction of sp³-hybridized carbons (Fsp3) is 0.389. The first kappa shape index (κ1) is 20.0. The molecule has 0 bridgehead atoms. The second-order valence-electron chi connectivity index (χ2n) is 6.55. The minimum Gasteiger partial charge on any atom is -0.496 e. The number of nitrogens with zero attached hydrogens (tertiary/aromatic N) is 3. The Hall–Kier alpha value is -2.72. The Kier molecular flexibility index (Phi) is 5.80. The fourth-order valence-electron chi connectivity index (χ4n) is 3.07. The van der Waals surface area contributed by atoms with E-state index in [0.29, 0.717) is 11.6 Å². The second kappa shape index (κ2) is 8.11. The first-order valence-corrected chi connectivity index (χ1v) is 10.4. The van der Waals surface area contributed by atoms with E-state index in [1.54, 1.807) is 6.07 Å². The molecule has 2 heterocycles. The third-order valence-electron chi connectivity index (χ3n) is 4.47. The minimum absolute atomic E-state index is 0.000393. The van der Waals surface area contributed by atoms with Crippen molar-refractivity contribution in [2.45, 2.75) is 31.2 Å². The molecule has 3 rings (SSSR count). The van der Waals surface area contributed by atoms with Crippen LogP contribution < -0.4 is 20.1 Å². The number of primary amides is 1. The smallest absolute Gasteiger partial charge is 0.252 e. The van der Waals surface area contributed by atoms with Gasteiger partial charge in [-0.3, -0.25) is 4.79 Å². The highest BCUT2D eigenvalue weighted by molar-refractivity contribution is 7.89. The third kappa shape index (κ3) is 4.39. The van der Waals surface area contributed by atoms with Crippen molar-refractivity contribution in [1.29, 1.82) is 0 Å². The van der Waals surface area contributed by atoms with E-state index in [1.807, 2.05) is 6.92 Å². The molecule has 1 aliphatic heterocycles. The van der Waals surface area contributed by atoms with Crippen molar-refractivity contribution in [3.8, 4) is 5.75 Å². The van der Waals surface area contributed by atoms with Gasteiger partial charge in [0.25, 0.3) is 5.91 Å². The largest absolute Gasteiger partial charge is 0.496 e. The number of hydrogen-bond acceptors (Lipinski definition) is 7. The number of amides is 1. The normalized spacial score (nSPS) is 14.3. The molecule has 0 unspecified atom stereocenters. The summed E-state index contributed by atoms with van der Waals surface area (Å²) < 4.78 is 32.8. The van der Waals surface area contributed by atoms with Crippen LogP contribution in [0.5, 0.6) is 5.75 Å². The number of aromatic nitrogens is 2. The Morgan fingerprint density at radius 3 is 2.61 bits per heavy atom. The van der Waals surface area contributed by atoms with Gasteiger partial charge in [-0.1, -0.05) is 0 Å². The monoisotopic (exact) mass is 405 g/mol. The van der Waals surface area contributed by atoms with Gasteiger partial charge in [0.1, 0.15) is 5.75 Å². The molecular weight excluding hydrogens is 382 g/mol. The Balaban J connectivity index is 1.80. The van der Waals surface area contributed by atoms with Crippen LogP contribution in [-0.2, 0) is 16.6 Å². The van der Waals surface area contributed by atoms with Crippen LogP contribution in [0.2, 0.25) is 0 Å². The number of nitrogens with two attached hydrogens (primary N) is 1. The number of hydrogen-bond donors (Lipinski definition) is 2. The molecule has 0 saturated carbocycles. The van der Waals surface area contributed by atoms with E-state index in [4.69, 9.17) is 10.5 Å². The fourth-order valence-corrected chi connectivity index (χ4v) is 4.09. The van der Waals surface area contributed by atoms with Crippen LogP contribution in [0.15, 0.2) is 29.2 Å². The number of rotatable bonds is 7. The van der Waals surface area contributed by atoms with Crippen LogP contribution in [0, 0.1) is 6.92 Å². The number of sulfonamides is 1. The Morgan fingerprint density at radius 2 is 1.96 bits per heavy atom. The van der Waals surface area contributed by atoms with E-state index in [2.05, 4.69) is 19.6 Å². The summed E-state index contributed by atoms with van der Waals surface area (Å²) in [7, 11) is -2.49. The van der Waals surface area contributed by atoms with E-state index < -0.39 is 15.9 Å². The summed E-state index contributed by atoms with van der Waals surface area (Å²) in [6.07, 6.45) is 2.19.